The van der Waals surface area contributed by atoms with Gasteiger partial charge in [-0.2, -0.15) is 0 Å². The predicted molar refractivity (Wildman–Crippen MR) is 71.3 cm³/mol. The molecule has 2 rings (SSSR count). The van der Waals surface area contributed by atoms with E-state index in [1.54, 1.807) is 12.1 Å². The van der Waals surface area contributed by atoms with E-state index in [0.717, 1.165) is 23.7 Å². The van der Waals surface area contributed by atoms with E-state index >= 15 is 0 Å². The zero-order valence-electron chi connectivity index (χ0n) is 9.86. The van der Waals surface area contributed by atoms with Crippen molar-refractivity contribution in [3.05, 3.63) is 38.3 Å². The lowest BCUT2D eigenvalue weighted by Gasteiger charge is -2.41. The van der Waals surface area contributed by atoms with Crippen LogP contribution in [-0.4, -0.2) is 22.2 Å². The van der Waals surface area contributed by atoms with Crippen LogP contribution in [0.5, 0.6) is 0 Å². The fraction of sp³-hybridized carbons (Fsp3) is 0.500. The lowest BCUT2D eigenvalue weighted by molar-refractivity contribution is -0.385. The Bertz CT molecular complexity index is 455. The number of aliphatic hydroxyl groups excluding tert-OH is 1. The minimum absolute atomic E-state index is 0.0782. The number of nitro benzene ring substituents is 1. The quantitative estimate of drug-likeness (QED) is 0.646. The monoisotopic (exact) mass is 314 g/mol. The van der Waals surface area contributed by atoms with Gasteiger partial charge in [0.2, 0.25) is 0 Å². The minimum atomic E-state index is -0.379. The predicted octanol–water partition coefficient (Wildman–Crippen LogP) is 2.36. The molecule has 0 amide bonds. The van der Waals surface area contributed by atoms with Crippen molar-refractivity contribution in [3.63, 3.8) is 0 Å². The fourth-order valence-corrected chi connectivity index (χ4v) is 2.56. The molecule has 1 aliphatic rings. The van der Waals surface area contributed by atoms with Crippen LogP contribution in [0.3, 0.4) is 0 Å². The van der Waals surface area contributed by atoms with E-state index in [9.17, 15) is 15.2 Å². The molecule has 0 bridgehead atoms. The molecule has 5 nitrogen and oxygen atoms in total. The second-order valence-corrected chi connectivity index (χ2v) is 5.59. The molecule has 1 saturated carbocycles. The van der Waals surface area contributed by atoms with Gasteiger partial charge in [0.15, 0.2) is 0 Å². The maximum atomic E-state index is 10.9. The highest BCUT2D eigenvalue weighted by Crippen LogP contribution is 2.32. The Hall–Kier alpha value is -0.980. The van der Waals surface area contributed by atoms with Gasteiger partial charge in [0.25, 0.3) is 5.69 Å². The standard InChI is InChI=1S/C12H15BrN2O3/c13-10-2-3-11(15(17)18)9(6-10)7-14-12(8-16)4-1-5-12/h2-3,6,14,16H,1,4-5,7-8H2. The summed E-state index contributed by atoms with van der Waals surface area (Å²) in [6, 6.07) is 4.90. The van der Waals surface area contributed by atoms with E-state index < -0.39 is 0 Å². The molecule has 0 heterocycles. The van der Waals surface area contributed by atoms with Gasteiger partial charge in [-0.05, 0) is 31.4 Å². The maximum absolute atomic E-state index is 10.9. The Balaban J connectivity index is 2.12. The molecule has 0 saturated heterocycles. The van der Waals surface area contributed by atoms with Crippen LogP contribution in [-0.2, 0) is 6.54 Å². The summed E-state index contributed by atoms with van der Waals surface area (Å²) in [5, 5.41) is 23.5. The molecule has 6 heteroatoms. The first-order chi connectivity index (χ1) is 8.56. The molecule has 2 N–H and O–H groups in total. The van der Waals surface area contributed by atoms with Gasteiger partial charge in [0.05, 0.1) is 11.5 Å². The topological polar surface area (TPSA) is 75.4 Å². The van der Waals surface area contributed by atoms with Crippen LogP contribution >= 0.6 is 15.9 Å². The van der Waals surface area contributed by atoms with Crippen LogP contribution < -0.4 is 5.32 Å². The van der Waals surface area contributed by atoms with Crippen molar-refractivity contribution in [2.24, 2.45) is 0 Å². The number of hydrogen-bond acceptors (Lipinski definition) is 4. The molecule has 0 spiro atoms. The van der Waals surface area contributed by atoms with Crippen molar-refractivity contribution in [1.82, 2.24) is 5.32 Å². The van der Waals surface area contributed by atoms with Gasteiger partial charge in [0.1, 0.15) is 0 Å². The average Bonchev–Trinajstić information content (AvgIpc) is 2.28. The first-order valence-corrected chi connectivity index (χ1v) is 6.64. The number of hydrogen-bond donors (Lipinski definition) is 2. The van der Waals surface area contributed by atoms with E-state index in [1.165, 1.54) is 6.07 Å². The van der Waals surface area contributed by atoms with Crippen LogP contribution in [0.4, 0.5) is 5.69 Å². The maximum Gasteiger partial charge on any atom is 0.273 e. The van der Waals surface area contributed by atoms with Gasteiger partial charge >= 0.3 is 0 Å². The number of nitrogens with zero attached hydrogens (tertiary/aromatic N) is 1. The van der Waals surface area contributed by atoms with Gasteiger partial charge in [-0.25, -0.2) is 0 Å². The lowest BCUT2D eigenvalue weighted by atomic mass is 9.77. The second-order valence-electron chi connectivity index (χ2n) is 4.68. The van der Waals surface area contributed by atoms with Crippen molar-refractivity contribution < 1.29 is 10.0 Å². The molecule has 0 aliphatic heterocycles. The highest BCUT2D eigenvalue weighted by molar-refractivity contribution is 9.10. The third kappa shape index (κ3) is 2.71. The van der Waals surface area contributed by atoms with Crippen LogP contribution in [0.2, 0.25) is 0 Å². The number of halogens is 1. The number of aliphatic hydroxyl groups is 1. The number of benzene rings is 1. The van der Waals surface area contributed by atoms with Crippen molar-refractivity contribution in [3.8, 4) is 0 Å². The Morgan fingerprint density at radius 1 is 1.50 bits per heavy atom. The summed E-state index contributed by atoms with van der Waals surface area (Å²) in [6.45, 7) is 0.477. The minimum Gasteiger partial charge on any atom is -0.394 e. The summed E-state index contributed by atoms with van der Waals surface area (Å²) in [5.41, 5.74) is 0.503. The van der Waals surface area contributed by atoms with Gasteiger partial charge in [-0.15, -0.1) is 0 Å². The summed E-state index contributed by atoms with van der Waals surface area (Å²) >= 11 is 3.31. The zero-order valence-corrected chi connectivity index (χ0v) is 11.4. The van der Waals surface area contributed by atoms with E-state index in [0.29, 0.717) is 12.1 Å². The average molecular weight is 315 g/mol. The Kier molecular flexibility index (Phi) is 3.99. The molecule has 0 atom stereocenters. The molecule has 1 aromatic carbocycles. The number of nitro groups is 1. The molecule has 1 aliphatic carbocycles. The molecular weight excluding hydrogens is 300 g/mol. The molecule has 1 fully saturated rings. The summed E-state index contributed by atoms with van der Waals surface area (Å²) in [5.74, 6) is 0. The number of nitrogens with one attached hydrogen (secondary N) is 1. The smallest absolute Gasteiger partial charge is 0.273 e. The van der Waals surface area contributed by atoms with Crippen LogP contribution in [0.25, 0.3) is 0 Å². The third-order valence-corrected chi connectivity index (χ3v) is 4.00. The van der Waals surface area contributed by atoms with Crippen molar-refractivity contribution in [2.75, 3.05) is 6.61 Å². The first-order valence-electron chi connectivity index (χ1n) is 5.85. The molecule has 0 unspecified atom stereocenters. The van der Waals surface area contributed by atoms with Crippen LogP contribution in [0.15, 0.2) is 22.7 Å². The first kappa shape index (κ1) is 13.5. The Morgan fingerprint density at radius 3 is 2.72 bits per heavy atom. The zero-order chi connectivity index (χ0) is 13.2. The molecular formula is C12H15BrN2O3. The number of rotatable bonds is 5. The molecule has 1 aromatic rings. The fourth-order valence-electron chi connectivity index (χ4n) is 2.15. The SMILES string of the molecule is O=[N+]([O-])c1ccc(Br)cc1CNC1(CO)CCC1. The largest absolute Gasteiger partial charge is 0.394 e. The molecule has 0 aromatic heterocycles. The summed E-state index contributed by atoms with van der Waals surface area (Å²) in [7, 11) is 0. The van der Waals surface area contributed by atoms with Gasteiger partial charge in [0, 0.05) is 28.2 Å². The molecule has 98 valence electrons. The summed E-state index contributed by atoms with van der Waals surface area (Å²) in [4.78, 5) is 10.5. The Morgan fingerprint density at radius 2 is 2.22 bits per heavy atom. The highest BCUT2D eigenvalue weighted by atomic mass is 79.9. The van der Waals surface area contributed by atoms with Crippen LogP contribution in [0.1, 0.15) is 24.8 Å². The van der Waals surface area contributed by atoms with E-state index in [1.807, 2.05) is 0 Å². The summed E-state index contributed by atoms with van der Waals surface area (Å²) < 4.78 is 0.816. The normalized spacial score (nSPS) is 17.2. The lowest BCUT2D eigenvalue weighted by Crippen LogP contribution is -2.53. The van der Waals surface area contributed by atoms with Crippen molar-refractivity contribution in [1.29, 1.82) is 0 Å². The van der Waals surface area contributed by atoms with Crippen molar-refractivity contribution in [2.45, 2.75) is 31.3 Å². The third-order valence-electron chi connectivity index (χ3n) is 3.51. The molecule has 18 heavy (non-hydrogen) atoms. The molecule has 0 radical (unpaired) electrons. The highest BCUT2D eigenvalue weighted by Gasteiger charge is 2.36. The van der Waals surface area contributed by atoms with Gasteiger partial charge in [-0.3, -0.25) is 10.1 Å². The summed E-state index contributed by atoms with van der Waals surface area (Å²) in [6.07, 6.45) is 2.94. The van der Waals surface area contributed by atoms with E-state index in [2.05, 4.69) is 21.2 Å². The van der Waals surface area contributed by atoms with Gasteiger partial charge < -0.3 is 10.4 Å². The van der Waals surface area contributed by atoms with E-state index in [-0.39, 0.29) is 22.8 Å². The van der Waals surface area contributed by atoms with Gasteiger partial charge in [-0.1, -0.05) is 15.9 Å². The van der Waals surface area contributed by atoms with Crippen molar-refractivity contribution >= 4 is 21.6 Å². The Labute approximate surface area is 113 Å². The van der Waals surface area contributed by atoms with E-state index in [4.69, 9.17) is 0 Å². The second kappa shape index (κ2) is 5.34. The van der Waals surface area contributed by atoms with Crippen LogP contribution in [0, 0.1) is 10.1 Å².